The van der Waals surface area contributed by atoms with Crippen LogP contribution in [0.15, 0.2) is 0 Å². The normalized spacial score (nSPS) is 12.2. The van der Waals surface area contributed by atoms with E-state index in [0.717, 1.165) is 0 Å². The van der Waals surface area contributed by atoms with Crippen molar-refractivity contribution in [1.82, 2.24) is 5.32 Å². The van der Waals surface area contributed by atoms with E-state index in [9.17, 15) is 19.2 Å². The lowest BCUT2D eigenvalue weighted by Crippen LogP contribution is -2.46. The molecule has 7 heteroatoms. The van der Waals surface area contributed by atoms with Gasteiger partial charge in [-0.3, -0.25) is 14.4 Å². The summed E-state index contributed by atoms with van der Waals surface area (Å²) in [4.78, 5) is 45.9. The van der Waals surface area contributed by atoms with Gasteiger partial charge in [0.05, 0.1) is 13.0 Å². The summed E-state index contributed by atoms with van der Waals surface area (Å²) in [6.07, 6.45) is -0.297. The number of rotatable bonds is 7. The molecular formula is C14H23NO6. The largest absolute Gasteiger partial charge is 0.464 e. The van der Waals surface area contributed by atoms with Crippen LogP contribution in [0.5, 0.6) is 0 Å². The topological polar surface area (TPSA) is 98.8 Å². The molecule has 1 amide bonds. The summed E-state index contributed by atoms with van der Waals surface area (Å²) in [6.45, 7) is 8.04. The fourth-order valence-electron chi connectivity index (χ4n) is 1.39. The van der Waals surface area contributed by atoms with Gasteiger partial charge in [0, 0.05) is 6.42 Å². The smallest absolute Gasteiger partial charge is 0.336 e. The van der Waals surface area contributed by atoms with Crippen molar-refractivity contribution in [2.45, 2.75) is 59.1 Å². The van der Waals surface area contributed by atoms with Gasteiger partial charge in [0.15, 0.2) is 11.8 Å². The fourth-order valence-corrected chi connectivity index (χ4v) is 1.39. The second kappa shape index (κ2) is 8.39. The van der Waals surface area contributed by atoms with Crippen LogP contribution in [-0.4, -0.2) is 41.9 Å². The van der Waals surface area contributed by atoms with Gasteiger partial charge in [0.2, 0.25) is 5.91 Å². The van der Waals surface area contributed by atoms with Crippen LogP contribution in [-0.2, 0) is 28.7 Å². The molecule has 0 aliphatic heterocycles. The number of Topliss-reactive ketones (excluding diaryl/α,β-unsaturated/α-hetero) is 1. The third-order valence-corrected chi connectivity index (χ3v) is 2.21. The van der Waals surface area contributed by atoms with E-state index in [1.807, 2.05) is 0 Å². The first-order chi connectivity index (χ1) is 9.56. The highest BCUT2D eigenvalue weighted by atomic mass is 16.6. The van der Waals surface area contributed by atoms with Gasteiger partial charge in [0.25, 0.3) is 0 Å². The summed E-state index contributed by atoms with van der Waals surface area (Å²) >= 11 is 0. The minimum absolute atomic E-state index is 0.108. The van der Waals surface area contributed by atoms with Gasteiger partial charge in [-0.05, 0) is 34.6 Å². The molecule has 0 fully saturated rings. The third kappa shape index (κ3) is 8.78. The summed E-state index contributed by atoms with van der Waals surface area (Å²) in [5.41, 5.74) is -0.625. The summed E-state index contributed by atoms with van der Waals surface area (Å²) in [7, 11) is 0. The Morgan fingerprint density at radius 1 is 1.10 bits per heavy atom. The Morgan fingerprint density at radius 3 is 2.10 bits per heavy atom. The van der Waals surface area contributed by atoms with Gasteiger partial charge in [-0.2, -0.15) is 0 Å². The highest BCUT2D eigenvalue weighted by molar-refractivity contribution is 6.04. The van der Waals surface area contributed by atoms with E-state index in [2.05, 4.69) is 5.32 Å². The molecule has 0 heterocycles. The number of hydrogen-bond acceptors (Lipinski definition) is 6. The molecular weight excluding hydrogens is 278 g/mol. The Labute approximate surface area is 124 Å². The average Bonchev–Trinajstić information content (AvgIpc) is 2.31. The van der Waals surface area contributed by atoms with Crippen LogP contribution in [0.4, 0.5) is 0 Å². The molecule has 0 aromatic heterocycles. The lowest BCUT2D eigenvalue weighted by Gasteiger charge is -2.19. The van der Waals surface area contributed by atoms with Crippen molar-refractivity contribution in [2.75, 3.05) is 6.61 Å². The lowest BCUT2D eigenvalue weighted by molar-refractivity contribution is -0.155. The zero-order chi connectivity index (χ0) is 16.6. The monoisotopic (exact) mass is 301 g/mol. The molecule has 1 N–H and O–H groups in total. The molecule has 0 radical (unpaired) electrons. The molecule has 0 spiro atoms. The molecule has 0 aliphatic carbocycles. The molecule has 1 unspecified atom stereocenters. The molecule has 0 aliphatic rings. The predicted molar refractivity (Wildman–Crippen MR) is 74.3 cm³/mol. The maximum absolute atomic E-state index is 11.7. The maximum Gasteiger partial charge on any atom is 0.336 e. The summed E-state index contributed by atoms with van der Waals surface area (Å²) in [5, 5.41) is 2.25. The van der Waals surface area contributed by atoms with Crippen molar-refractivity contribution in [2.24, 2.45) is 0 Å². The summed E-state index contributed by atoms with van der Waals surface area (Å²) in [5.74, 6) is -2.45. The molecule has 1 atom stereocenters. The number of ketones is 1. The van der Waals surface area contributed by atoms with Crippen molar-refractivity contribution >= 4 is 23.6 Å². The van der Waals surface area contributed by atoms with E-state index in [4.69, 9.17) is 9.47 Å². The van der Waals surface area contributed by atoms with Crippen LogP contribution < -0.4 is 5.32 Å². The molecule has 0 rings (SSSR count). The Bertz CT molecular complexity index is 410. The van der Waals surface area contributed by atoms with Gasteiger partial charge in [-0.25, -0.2) is 4.79 Å². The summed E-state index contributed by atoms with van der Waals surface area (Å²) in [6, 6.07) is -1.34. The Balaban J connectivity index is 4.37. The summed E-state index contributed by atoms with van der Waals surface area (Å²) < 4.78 is 9.74. The molecule has 120 valence electrons. The van der Waals surface area contributed by atoms with E-state index in [0.29, 0.717) is 0 Å². The van der Waals surface area contributed by atoms with Gasteiger partial charge < -0.3 is 14.8 Å². The van der Waals surface area contributed by atoms with Crippen LogP contribution in [0.3, 0.4) is 0 Å². The maximum atomic E-state index is 11.7. The van der Waals surface area contributed by atoms with Crippen molar-refractivity contribution < 1.29 is 28.7 Å². The van der Waals surface area contributed by atoms with Crippen LogP contribution >= 0.6 is 0 Å². The number of carbonyl (C=O) groups is 4. The van der Waals surface area contributed by atoms with Crippen LogP contribution in [0.25, 0.3) is 0 Å². The van der Waals surface area contributed by atoms with Crippen LogP contribution in [0, 0.1) is 0 Å². The number of nitrogens with one attached hydrogen (secondary N) is 1. The van der Waals surface area contributed by atoms with E-state index >= 15 is 0 Å². The molecule has 0 saturated heterocycles. The standard InChI is InChI=1S/C14H23NO6/c1-6-20-13(19)12(9(2)16)15-10(17)7-8-11(18)21-14(3,4)5/h12H,6-8H2,1-5H3,(H,15,17). The Kier molecular flexibility index (Phi) is 7.62. The number of ether oxygens (including phenoxy) is 2. The predicted octanol–water partition coefficient (Wildman–Crippen LogP) is 0.745. The zero-order valence-electron chi connectivity index (χ0n) is 13.1. The van der Waals surface area contributed by atoms with Gasteiger partial charge >= 0.3 is 11.9 Å². The quantitative estimate of drug-likeness (QED) is 0.550. The van der Waals surface area contributed by atoms with E-state index in [-0.39, 0.29) is 19.4 Å². The molecule has 21 heavy (non-hydrogen) atoms. The Hall–Kier alpha value is -1.92. The second-order valence-corrected chi connectivity index (χ2v) is 5.45. The van der Waals surface area contributed by atoms with Gasteiger partial charge in [0.1, 0.15) is 5.60 Å². The lowest BCUT2D eigenvalue weighted by atomic mass is 10.2. The number of hydrogen-bond donors (Lipinski definition) is 1. The average molecular weight is 301 g/mol. The highest BCUT2D eigenvalue weighted by Crippen LogP contribution is 2.09. The third-order valence-electron chi connectivity index (χ3n) is 2.21. The van der Waals surface area contributed by atoms with Gasteiger partial charge in [-0.15, -0.1) is 0 Å². The van der Waals surface area contributed by atoms with Crippen molar-refractivity contribution in [3.05, 3.63) is 0 Å². The molecule has 0 aromatic rings. The van der Waals surface area contributed by atoms with Crippen molar-refractivity contribution in [3.8, 4) is 0 Å². The SMILES string of the molecule is CCOC(=O)C(NC(=O)CCC(=O)OC(C)(C)C)C(C)=O. The fraction of sp³-hybridized carbons (Fsp3) is 0.714. The first-order valence-electron chi connectivity index (χ1n) is 6.75. The highest BCUT2D eigenvalue weighted by Gasteiger charge is 2.27. The molecule has 0 saturated carbocycles. The second-order valence-electron chi connectivity index (χ2n) is 5.45. The minimum atomic E-state index is -1.34. The van der Waals surface area contributed by atoms with E-state index in [1.165, 1.54) is 6.92 Å². The zero-order valence-corrected chi connectivity index (χ0v) is 13.1. The van der Waals surface area contributed by atoms with Gasteiger partial charge in [-0.1, -0.05) is 0 Å². The first kappa shape index (κ1) is 19.1. The van der Waals surface area contributed by atoms with E-state index in [1.54, 1.807) is 27.7 Å². The minimum Gasteiger partial charge on any atom is -0.464 e. The molecule has 0 bridgehead atoms. The van der Waals surface area contributed by atoms with E-state index < -0.39 is 35.3 Å². The van der Waals surface area contributed by atoms with Crippen LogP contribution in [0.1, 0.15) is 47.5 Å². The van der Waals surface area contributed by atoms with Crippen LogP contribution in [0.2, 0.25) is 0 Å². The first-order valence-corrected chi connectivity index (χ1v) is 6.75. The van der Waals surface area contributed by atoms with Crippen molar-refractivity contribution in [3.63, 3.8) is 0 Å². The number of amides is 1. The van der Waals surface area contributed by atoms with Crippen molar-refractivity contribution in [1.29, 1.82) is 0 Å². The number of esters is 2. The molecule has 7 nitrogen and oxygen atoms in total. The number of carbonyl (C=O) groups excluding carboxylic acids is 4. The Morgan fingerprint density at radius 2 is 1.67 bits per heavy atom. The molecule has 0 aromatic carbocycles.